The average molecular weight is 431 g/mol. The second kappa shape index (κ2) is 8.21. The van der Waals surface area contributed by atoms with E-state index >= 15 is 0 Å². The van der Waals surface area contributed by atoms with Gasteiger partial charge in [-0.15, -0.1) is 5.10 Å². The summed E-state index contributed by atoms with van der Waals surface area (Å²) in [7, 11) is -3.52. The van der Waals surface area contributed by atoms with Crippen LogP contribution >= 0.6 is 0 Å². The highest BCUT2D eigenvalue weighted by Gasteiger charge is 2.29. The number of halogens is 1. The van der Waals surface area contributed by atoms with Gasteiger partial charge in [-0.25, -0.2) is 12.8 Å². The fourth-order valence-corrected chi connectivity index (χ4v) is 4.95. The molecule has 0 aliphatic carbocycles. The molecule has 2 heterocycles. The van der Waals surface area contributed by atoms with Crippen LogP contribution in [0.5, 0.6) is 0 Å². The van der Waals surface area contributed by atoms with E-state index in [1.54, 1.807) is 28.9 Å². The number of tetrazole rings is 1. The Kier molecular flexibility index (Phi) is 5.63. The number of nitrogens with zero attached hydrogens (tertiary/aromatic N) is 6. The van der Waals surface area contributed by atoms with Crippen molar-refractivity contribution >= 4 is 10.0 Å². The summed E-state index contributed by atoms with van der Waals surface area (Å²) in [6, 6.07) is 11.2. The van der Waals surface area contributed by atoms with Crippen molar-refractivity contribution in [3.8, 4) is 5.69 Å². The highest BCUT2D eigenvalue weighted by Crippen LogP contribution is 2.21. The van der Waals surface area contributed by atoms with Crippen molar-refractivity contribution < 1.29 is 12.8 Å². The summed E-state index contributed by atoms with van der Waals surface area (Å²) in [4.78, 5) is 2.44. The normalized spacial score (nSPS) is 16.1. The first-order chi connectivity index (χ1) is 14.3. The highest BCUT2D eigenvalue weighted by atomic mass is 32.2. The van der Waals surface area contributed by atoms with Crippen LogP contribution in [0.4, 0.5) is 4.39 Å². The highest BCUT2D eigenvalue weighted by molar-refractivity contribution is 7.89. The van der Waals surface area contributed by atoms with Crippen molar-refractivity contribution in [1.29, 1.82) is 0 Å². The summed E-state index contributed by atoms with van der Waals surface area (Å²) in [6.45, 7) is 6.28. The molecule has 1 saturated heterocycles. The minimum Gasteiger partial charge on any atom is -0.293 e. The SMILES string of the molecule is Cc1ccc(S(=O)(=O)N2CCN(Cc3nnnn3-c3ccc(F)cc3)CC2)cc1C. The van der Waals surface area contributed by atoms with Crippen molar-refractivity contribution in [3.63, 3.8) is 0 Å². The fourth-order valence-electron chi connectivity index (χ4n) is 3.44. The molecule has 0 amide bonds. The van der Waals surface area contributed by atoms with Gasteiger partial charge in [0.2, 0.25) is 10.0 Å². The van der Waals surface area contributed by atoms with Crippen LogP contribution in [0.15, 0.2) is 47.4 Å². The molecule has 0 radical (unpaired) electrons. The van der Waals surface area contributed by atoms with Crippen LogP contribution in [-0.4, -0.2) is 64.0 Å². The lowest BCUT2D eigenvalue weighted by Crippen LogP contribution is -2.48. The summed E-state index contributed by atoms with van der Waals surface area (Å²) in [5.74, 6) is 0.293. The summed E-state index contributed by atoms with van der Waals surface area (Å²) >= 11 is 0. The molecule has 0 bridgehead atoms. The zero-order chi connectivity index (χ0) is 21.3. The van der Waals surface area contributed by atoms with Crippen LogP contribution in [0, 0.1) is 19.7 Å². The molecule has 8 nitrogen and oxygen atoms in total. The topological polar surface area (TPSA) is 84.2 Å². The van der Waals surface area contributed by atoms with Crippen LogP contribution in [0.1, 0.15) is 17.0 Å². The number of aromatic nitrogens is 4. The zero-order valence-corrected chi connectivity index (χ0v) is 17.7. The number of hydrogen-bond donors (Lipinski definition) is 0. The Bertz CT molecular complexity index is 1140. The Hall–Kier alpha value is -2.69. The Morgan fingerprint density at radius 1 is 0.967 bits per heavy atom. The molecule has 4 rings (SSSR count). The number of piperazine rings is 1. The smallest absolute Gasteiger partial charge is 0.243 e. The number of sulfonamides is 1. The van der Waals surface area contributed by atoms with Gasteiger partial charge in [0.15, 0.2) is 5.82 Å². The summed E-state index contributed by atoms with van der Waals surface area (Å²) in [6.07, 6.45) is 0. The third-order valence-corrected chi connectivity index (χ3v) is 7.31. The van der Waals surface area contributed by atoms with E-state index in [-0.39, 0.29) is 5.82 Å². The van der Waals surface area contributed by atoms with Crippen LogP contribution in [-0.2, 0) is 16.6 Å². The van der Waals surface area contributed by atoms with Gasteiger partial charge in [0.25, 0.3) is 0 Å². The van der Waals surface area contributed by atoms with Gasteiger partial charge in [0.1, 0.15) is 5.82 Å². The molecule has 10 heteroatoms. The van der Waals surface area contributed by atoms with Crippen LogP contribution in [0.25, 0.3) is 5.69 Å². The molecule has 3 aromatic rings. The molecule has 1 aromatic heterocycles. The predicted molar refractivity (Wildman–Crippen MR) is 109 cm³/mol. The largest absolute Gasteiger partial charge is 0.293 e. The Labute approximate surface area is 175 Å². The molecule has 1 aliphatic rings. The van der Waals surface area contributed by atoms with E-state index in [0.717, 1.165) is 11.1 Å². The lowest BCUT2D eigenvalue weighted by Gasteiger charge is -2.33. The number of benzene rings is 2. The van der Waals surface area contributed by atoms with Gasteiger partial charge >= 0.3 is 0 Å². The van der Waals surface area contributed by atoms with Gasteiger partial charge in [0, 0.05) is 26.2 Å². The second-order valence-corrected chi connectivity index (χ2v) is 9.35. The molecule has 1 aliphatic heterocycles. The van der Waals surface area contributed by atoms with Crippen LogP contribution in [0.2, 0.25) is 0 Å². The standard InChI is InChI=1S/C20H23FN6O2S/c1-15-3-8-19(13-16(15)2)30(28,29)26-11-9-25(10-12-26)14-20-22-23-24-27(20)18-6-4-17(21)5-7-18/h3-8,13H,9-12,14H2,1-2H3. The molecule has 0 saturated carbocycles. The third-order valence-electron chi connectivity index (χ3n) is 5.42. The number of aryl methyl sites for hydroxylation is 2. The maximum absolute atomic E-state index is 13.2. The minimum absolute atomic E-state index is 0.325. The summed E-state index contributed by atoms with van der Waals surface area (Å²) in [5.41, 5.74) is 2.70. The van der Waals surface area contributed by atoms with Gasteiger partial charge in [-0.1, -0.05) is 6.07 Å². The Morgan fingerprint density at radius 2 is 1.67 bits per heavy atom. The van der Waals surface area contributed by atoms with E-state index in [1.165, 1.54) is 16.4 Å². The van der Waals surface area contributed by atoms with Gasteiger partial charge in [-0.05, 0) is 71.8 Å². The lowest BCUT2D eigenvalue weighted by molar-refractivity contribution is 0.177. The molecule has 0 unspecified atom stereocenters. The first kappa shape index (κ1) is 20.6. The zero-order valence-electron chi connectivity index (χ0n) is 16.9. The monoisotopic (exact) mass is 430 g/mol. The van der Waals surface area contributed by atoms with Crippen molar-refractivity contribution in [2.45, 2.75) is 25.3 Å². The summed E-state index contributed by atoms with van der Waals surface area (Å²) < 4.78 is 42.2. The first-order valence-electron chi connectivity index (χ1n) is 9.67. The average Bonchev–Trinajstić information content (AvgIpc) is 3.19. The molecule has 158 valence electrons. The first-order valence-corrected chi connectivity index (χ1v) is 11.1. The van der Waals surface area contributed by atoms with Crippen molar-refractivity contribution in [3.05, 3.63) is 65.2 Å². The van der Waals surface area contributed by atoms with E-state index in [0.29, 0.717) is 49.1 Å². The molecule has 30 heavy (non-hydrogen) atoms. The number of rotatable bonds is 5. The van der Waals surface area contributed by atoms with E-state index in [2.05, 4.69) is 20.4 Å². The van der Waals surface area contributed by atoms with E-state index in [9.17, 15) is 12.8 Å². The van der Waals surface area contributed by atoms with Crippen molar-refractivity contribution in [2.75, 3.05) is 26.2 Å². The molecule has 2 aromatic carbocycles. The quantitative estimate of drug-likeness (QED) is 0.615. The fraction of sp³-hybridized carbons (Fsp3) is 0.350. The van der Waals surface area contributed by atoms with Gasteiger partial charge in [0.05, 0.1) is 17.1 Å². The predicted octanol–water partition coefficient (Wildman–Crippen LogP) is 1.92. The molecular formula is C20H23FN6O2S. The molecular weight excluding hydrogens is 407 g/mol. The van der Waals surface area contributed by atoms with Gasteiger partial charge < -0.3 is 0 Å². The third kappa shape index (κ3) is 4.11. The van der Waals surface area contributed by atoms with E-state index < -0.39 is 10.0 Å². The molecule has 0 N–H and O–H groups in total. The van der Waals surface area contributed by atoms with Crippen LogP contribution < -0.4 is 0 Å². The minimum atomic E-state index is -3.52. The van der Waals surface area contributed by atoms with Gasteiger partial charge in [-0.2, -0.15) is 8.99 Å². The Balaban J connectivity index is 1.43. The number of hydrogen-bond acceptors (Lipinski definition) is 6. The maximum Gasteiger partial charge on any atom is 0.243 e. The lowest BCUT2D eigenvalue weighted by atomic mass is 10.1. The molecule has 0 spiro atoms. The molecule has 1 fully saturated rings. The van der Waals surface area contributed by atoms with Crippen molar-refractivity contribution in [1.82, 2.24) is 29.4 Å². The van der Waals surface area contributed by atoms with Crippen molar-refractivity contribution in [2.24, 2.45) is 0 Å². The van der Waals surface area contributed by atoms with Gasteiger partial charge in [-0.3, -0.25) is 4.90 Å². The summed E-state index contributed by atoms with van der Waals surface area (Å²) in [5, 5.41) is 11.8. The molecule has 0 atom stereocenters. The maximum atomic E-state index is 13.2. The Morgan fingerprint density at radius 3 is 2.33 bits per heavy atom. The van der Waals surface area contributed by atoms with Crippen LogP contribution in [0.3, 0.4) is 0 Å². The van der Waals surface area contributed by atoms with E-state index in [4.69, 9.17) is 0 Å². The van der Waals surface area contributed by atoms with E-state index in [1.807, 2.05) is 19.9 Å². The second-order valence-electron chi connectivity index (χ2n) is 7.41.